The summed E-state index contributed by atoms with van der Waals surface area (Å²) in [5, 5.41) is 16.8. The van der Waals surface area contributed by atoms with Gasteiger partial charge in [0.25, 0.3) is 5.91 Å². The summed E-state index contributed by atoms with van der Waals surface area (Å²) in [5.74, 6) is 0.353. The van der Waals surface area contributed by atoms with E-state index in [0.717, 1.165) is 29.9 Å². The molecule has 9 nitrogen and oxygen atoms in total. The first-order valence-corrected chi connectivity index (χ1v) is 10.6. The van der Waals surface area contributed by atoms with Crippen LogP contribution in [-0.4, -0.2) is 56.9 Å². The fourth-order valence-corrected chi connectivity index (χ4v) is 3.90. The van der Waals surface area contributed by atoms with Gasteiger partial charge in [-0.2, -0.15) is 4.98 Å². The molecule has 0 aliphatic carbocycles. The van der Waals surface area contributed by atoms with Gasteiger partial charge in [0.05, 0.1) is 5.39 Å². The van der Waals surface area contributed by atoms with E-state index in [1.54, 1.807) is 12.1 Å². The van der Waals surface area contributed by atoms with E-state index >= 15 is 0 Å². The first kappa shape index (κ1) is 20.7. The van der Waals surface area contributed by atoms with E-state index < -0.39 is 5.69 Å². The molecular formula is C24H22N6O3. The van der Waals surface area contributed by atoms with Gasteiger partial charge in [-0.15, -0.1) is 4.73 Å². The van der Waals surface area contributed by atoms with Crippen molar-refractivity contribution < 1.29 is 10.0 Å². The maximum atomic E-state index is 12.8. The number of anilines is 2. The Morgan fingerprint density at radius 3 is 2.58 bits per heavy atom. The molecule has 3 N–H and O–H groups in total. The lowest BCUT2D eigenvalue weighted by Gasteiger charge is -2.27. The summed E-state index contributed by atoms with van der Waals surface area (Å²) in [5.41, 5.74) is 2.61. The first-order valence-electron chi connectivity index (χ1n) is 10.6. The van der Waals surface area contributed by atoms with Gasteiger partial charge in [-0.3, -0.25) is 4.79 Å². The molecule has 3 heterocycles. The smallest absolute Gasteiger partial charge is 0.384 e. The molecule has 0 atom stereocenters. The van der Waals surface area contributed by atoms with E-state index in [1.807, 2.05) is 53.4 Å². The number of nitrogens with zero attached hydrogens (tertiary/aromatic N) is 4. The number of amides is 1. The summed E-state index contributed by atoms with van der Waals surface area (Å²) in [4.78, 5) is 34.6. The van der Waals surface area contributed by atoms with Crippen molar-refractivity contribution in [3.05, 3.63) is 82.9 Å². The van der Waals surface area contributed by atoms with Crippen molar-refractivity contribution in [2.45, 2.75) is 0 Å². The van der Waals surface area contributed by atoms with Gasteiger partial charge in [0, 0.05) is 43.6 Å². The third-order valence-corrected chi connectivity index (χ3v) is 5.63. The minimum atomic E-state index is -0.814. The molecule has 0 saturated carbocycles. The monoisotopic (exact) mass is 442 g/mol. The molecule has 33 heavy (non-hydrogen) atoms. The van der Waals surface area contributed by atoms with Crippen LogP contribution in [0.1, 0.15) is 10.4 Å². The van der Waals surface area contributed by atoms with Gasteiger partial charge in [0.1, 0.15) is 5.82 Å². The van der Waals surface area contributed by atoms with Gasteiger partial charge in [-0.05, 0) is 47.5 Å². The molecule has 0 unspecified atom stereocenters. The highest BCUT2D eigenvalue weighted by Crippen LogP contribution is 2.26. The molecule has 0 bridgehead atoms. The third kappa shape index (κ3) is 4.13. The zero-order valence-electron chi connectivity index (χ0n) is 17.7. The van der Waals surface area contributed by atoms with Gasteiger partial charge in [-0.1, -0.05) is 24.3 Å². The topological polar surface area (TPSA) is 112 Å². The molecule has 1 saturated heterocycles. The summed E-state index contributed by atoms with van der Waals surface area (Å²) in [6, 6.07) is 18.7. The van der Waals surface area contributed by atoms with Crippen molar-refractivity contribution in [2.75, 3.05) is 31.5 Å². The molecule has 9 heteroatoms. The van der Waals surface area contributed by atoms with Gasteiger partial charge in [-0.25, -0.2) is 9.78 Å². The summed E-state index contributed by atoms with van der Waals surface area (Å²) in [7, 11) is 0. The highest BCUT2D eigenvalue weighted by Gasteiger charge is 2.18. The number of carbonyl (C=O) groups is 1. The Balaban J connectivity index is 1.39. The van der Waals surface area contributed by atoms with Crippen LogP contribution < -0.4 is 16.3 Å². The van der Waals surface area contributed by atoms with E-state index in [2.05, 4.69) is 20.6 Å². The molecule has 5 rings (SSSR count). The van der Waals surface area contributed by atoms with Crippen molar-refractivity contribution in [3.8, 4) is 11.1 Å². The predicted octanol–water partition coefficient (Wildman–Crippen LogP) is 2.48. The largest absolute Gasteiger partial charge is 0.422 e. The molecule has 2 aromatic carbocycles. The lowest BCUT2D eigenvalue weighted by atomic mass is 10.0. The Hall–Kier alpha value is -4.24. The Labute approximate surface area is 189 Å². The van der Waals surface area contributed by atoms with Crippen LogP contribution in [0.2, 0.25) is 0 Å². The molecule has 2 aromatic heterocycles. The summed E-state index contributed by atoms with van der Waals surface area (Å²) < 4.78 is 0.429. The van der Waals surface area contributed by atoms with Gasteiger partial charge in [0.2, 0.25) is 0 Å². The van der Waals surface area contributed by atoms with Crippen LogP contribution in [-0.2, 0) is 0 Å². The Morgan fingerprint density at radius 1 is 1.00 bits per heavy atom. The Bertz CT molecular complexity index is 1380. The summed E-state index contributed by atoms with van der Waals surface area (Å²) >= 11 is 0. The average Bonchev–Trinajstić information content (AvgIpc) is 2.88. The number of carbonyl (C=O) groups excluding carboxylic acids is 1. The maximum absolute atomic E-state index is 12.8. The van der Waals surface area contributed by atoms with Gasteiger partial charge >= 0.3 is 5.69 Å². The molecule has 0 radical (unpaired) electrons. The fourth-order valence-electron chi connectivity index (χ4n) is 3.90. The number of hydrogen-bond donors (Lipinski definition) is 3. The average molecular weight is 442 g/mol. The summed E-state index contributed by atoms with van der Waals surface area (Å²) in [6.45, 7) is 3.05. The van der Waals surface area contributed by atoms with Crippen molar-refractivity contribution in [3.63, 3.8) is 0 Å². The van der Waals surface area contributed by atoms with Crippen molar-refractivity contribution in [1.82, 2.24) is 24.9 Å². The second-order valence-electron chi connectivity index (χ2n) is 7.75. The number of rotatable bonds is 4. The minimum absolute atomic E-state index is 0.0433. The van der Waals surface area contributed by atoms with Crippen molar-refractivity contribution in [1.29, 1.82) is 0 Å². The number of benzene rings is 2. The van der Waals surface area contributed by atoms with Gasteiger partial charge in [0.15, 0.2) is 5.65 Å². The number of piperazine rings is 1. The highest BCUT2D eigenvalue weighted by molar-refractivity contribution is 5.95. The number of nitrogens with one attached hydrogen (secondary N) is 2. The molecular weight excluding hydrogens is 420 g/mol. The fraction of sp³-hybridized carbons (Fsp3) is 0.167. The van der Waals surface area contributed by atoms with E-state index in [-0.39, 0.29) is 11.6 Å². The SMILES string of the molecule is O=C(c1cccc(-c2ccc(Nc3nc(=O)n(O)c4ncccc34)cc2)c1)N1CCNCC1. The molecule has 0 spiro atoms. The lowest BCUT2D eigenvalue weighted by molar-refractivity contribution is 0.0736. The minimum Gasteiger partial charge on any atom is -0.422 e. The highest BCUT2D eigenvalue weighted by atomic mass is 16.5. The van der Waals surface area contributed by atoms with E-state index in [1.165, 1.54) is 6.20 Å². The molecule has 1 aliphatic rings. The van der Waals surface area contributed by atoms with Crippen LogP contribution in [0.3, 0.4) is 0 Å². The van der Waals surface area contributed by atoms with Crippen molar-refractivity contribution >= 4 is 28.4 Å². The van der Waals surface area contributed by atoms with Crippen LogP contribution in [0.15, 0.2) is 71.7 Å². The zero-order valence-corrected chi connectivity index (χ0v) is 17.7. The molecule has 4 aromatic rings. The van der Waals surface area contributed by atoms with Crippen LogP contribution in [0.4, 0.5) is 11.5 Å². The van der Waals surface area contributed by atoms with Crippen LogP contribution in [0.5, 0.6) is 0 Å². The summed E-state index contributed by atoms with van der Waals surface area (Å²) in [6.07, 6.45) is 1.49. The first-order chi connectivity index (χ1) is 16.1. The number of aromatic nitrogens is 3. The normalized spacial score (nSPS) is 13.8. The van der Waals surface area contributed by atoms with E-state index in [0.29, 0.717) is 34.6 Å². The molecule has 1 fully saturated rings. The maximum Gasteiger partial charge on any atom is 0.384 e. The predicted molar refractivity (Wildman–Crippen MR) is 125 cm³/mol. The Morgan fingerprint density at radius 2 is 1.79 bits per heavy atom. The standard InChI is InChI=1S/C24H22N6O3/c31-23(29-13-11-25-12-14-29)18-4-1-3-17(15-18)16-6-8-19(9-7-16)27-21-20-5-2-10-26-22(20)30(33)24(32)28-21/h1-10,15,25,33H,11-14H2,(H,27,28,32). The quantitative estimate of drug-likeness (QED) is 0.416. The second kappa shape index (κ2) is 8.71. The van der Waals surface area contributed by atoms with Crippen LogP contribution >= 0.6 is 0 Å². The van der Waals surface area contributed by atoms with Gasteiger partial charge < -0.3 is 20.7 Å². The molecule has 1 aliphatic heterocycles. The van der Waals surface area contributed by atoms with Crippen molar-refractivity contribution in [2.24, 2.45) is 0 Å². The van der Waals surface area contributed by atoms with Crippen LogP contribution in [0, 0.1) is 0 Å². The molecule has 1 amide bonds. The Kier molecular flexibility index (Phi) is 5.45. The van der Waals surface area contributed by atoms with E-state index in [9.17, 15) is 14.8 Å². The lowest BCUT2D eigenvalue weighted by Crippen LogP contribution is -2.46. The number of fused-ring (bicyclic) bond motifs is 1. The third-order valence-electron chi connectivity index (χ3n) is 5.63. The molecule has 166 valence electrons. The second-order valence-corrected chi connectivity index (χ2v) is 7.75. The number of pyridine rings is 1. The number of hydrogen-bond acceptors (Lipinski definition) is 7. The van der Waals surface area contributed by atoms with E-state index in [4.69, 9.17) is 0 Å². The zero-order chi connectivity index (χ0) is 22.8. The van der Waals surface area contributed by atoms with Crippen LogP contribution in [0.25, 0.3) is 22.2 Å².